The van der Waals surface area contributed by atoms with Crippen molar-refractivity contribution < 1.29 is 9.18 Å². The van der Waals surface area contributed by atoms with Crippen LogP contribution in [-0.4, -0.2) is 23.9 Å². The van der Waals surface area contributed by atoms with Crippen LogP contribution in [0.4, 0.5) is 4.39 Å². The van der Waals surface area contributed by atoms with Crippen molar-refractivity contribution in [2.24, 2.45) is 11.8 Å². The summed E-state index contributed by atoms with van der Waals surface area (Å²) in [5.74, 6) is 0.451. The maximum atomic E-state index is 13.7. The highest BCUT2D eigenvalue weighted by atomic mass is 79.9. The third-order valence-corrected chi connectivity index (χ3v) is 4.11. The number of benzene rings is 1. The predicted octanol–water partition coefficient (Wildman–Crippen LogP) is 3.71. The van der Waals surface area contributed by atoms with Gasteiger partial charge in [-0.3, -0.25) is 4.79 Å². The highest BCUT2D eigenvalue weighted by molar-refractivity contribution is 9.10. The van der Waals surface area contributed by atoms with E-state index in [1.54, 1.807) is 17.0 Å². The Labute approximate surface area is 115 Å². The lowest BCUT2D eigenvalue weighted by Crippen LogP contribution is -2.30. The first kappa shape index (κ1) is 13.5. The average Bonchev–Trinajstić information content (AvgIpc) is 2.81. The fourth-order valence-corrected chi connectivity index (χ4v) is 2.71. The van der Waals surface area contributed by atoms with Gasteiger partial charge in [0.15, 0.2) is 0 Å². The van der Waals surface area contributed by atoms with Gasteiger partial charge in [0.25, 0.3) is 5.91 Å². The molecule has 1 aromatic rings. The zero-order valence-corrected chi connectivity index (χ0v) is 12.2. The molecule has 0 saturated carbocycles. The van der Waals surface area contributed by atoms with E-state index in [2.05, 4.69) is 29.8 Å². The summed E-state index contributed by atoms with van der Waals surface area (Å²) >= 11 is 3.27. The Morgan fingerprint density at radius 2 is 2.22 bits per heavy atom. The van der Waals surface area contributed by atoms with E-state index in [1.165, 1.54) is 6.07 Å². The van der Waals surface area contributed by atoms with Crippen LogP contribution in [0.15, 0.2) is 22.7 Å². The van der Waals surface area contributed by atoms with Gasteiger partial charge in [-0.05, 0) is 36.5 Å². The van der Waals surface area contributed by atoms with Crippen LogP contribution in [0.25, 0.3) is 0 Å². The van der Waals surface area contributed by atoms with Gasteiger partial charge in [-0.25, -0.2) is 4.39 Å². The maximum absolute atomic E-state index is 13.7. The molecule has 0 spiro atoms. The van der Waals surface area contributed by atoms with E-state index in [0.29, 0.717) is 11.8 Å². The third kappa shape index (κ3) is 2.74. The normalized spacial score (nSPS) is 19.6. The molecule has 1 fully saturated rings. The monoisotopic (exact) mass is 313 g/mol. The zero-order valence-electron chi connectivity index (χ0n) is 10.6. The lowest BCUT2D eigenvalue weighted by Gasteiger charge is -2.18. The number of carbonyl (C=O) groups excluding carboxylic acids is 1. The molecule has 0 aliphatic carbocycles. The third-order valence-electron chi connectivity index (χ3n) is 3.61. The van der Waals surface area contributed by atoms with Crippen LogP contribution < -0.4 is 0 Å². The van der Waals surface area contributed by atoms with Crippen molar-refractivity contribution in [2.75, 3.05) is 13.1 Å². The summed E-state index contributed by atoms with van der Waals surface area (Å²) in [5.41, 5.74) is 0.161. The van der Waals surface area contributed by atoms with Gasteiger partial charge in [0, 0.05) is 17.6 Å². The van der Waals surface area contributed by atoms with Crippen LogP contribution in [-0.2, 0) is 0 Å². The summed E-state index contributed by atoms with van der Waals surface area (Å²) < 4.78 is 14.4. The molecular weight excluding hydrogens is 297 g/mol. The average molecular weight is 314 g/mol. The van der Waals surface area contributed by atoms with Crippen LogP contribution in [0.2, 0.25) is 0 Å². The highest BCUT2D eigenvalue weighted by Crippen LogP contribution is 2.26. The highest BCUT2D eigenvalue weighted by Gasteiger charge is 2.29. The fraction of sp³-hybridized carbons (Fsp3) is 0.500. The van der Waals surface area contributed by atoms with Crippen molar-refractivity contribution in [1.82, 2.24) is 4.90 Å². The van der Waals surface area contributed by atoms with Crippen molar-refractivity contribution in [3.05, 3.63) is 34.1 Å². The molecule has 4 heteroatoms. The molecule has 1 heterocycles. The van der Waals surface area contributed by atoms with Crippen molar-refractivity contribution in [2.45, 2.75) is 20.3 Å². The Morgan fingerprint density at radius 3 is 2.83 bits per heavy atom. The second-order valence-electron chi connectivity index (χ2n) is 5.17. The van der Waals surface area contributed by atoms with Crippen molar-refractivity contribution in [3.8, 4) is 0 Å². The first-order valence-electron chi connectivity index (χ1n) is 6.23. The van der Waals surface area contributed by atoms with Gasteiger partial charge in [-0.2, -0.15) is 0 Å². The number of carbonyl (C=O) groups is 1. The number of likely N-dealkylation sites (tertiary alicyclic amines) is 1. The van der Waals surface area contributed by atoms with Gasteiger partial charge in [-0.1, -0.05) is 29.8 Å². The van der Waals surface area contributed by atoms with Crippen molar-refractivity contribution in [3.63, 3.8) is 0 Å². The van der Waals surface area contributed by atoms with Crippen LogP contribution in [0.3, 0.4) is 0 Å². The molecule has 0 N–H and O–H groups in total. The molecule has 98 valence electrons. The van der Waals surface area contributed by atoms with Crippen LogP contribution in [0.5, 0.6) is 0 Å². The molecule has 18 heavy (non-hydrogen) atoms. The van der Waals surface area contributed by atoms with Gasteiger partial charge in [0.2, 0.25) is 0 Å². The Bertz CT molecular complexity index is 461. The molecule has 2 nitrogen and oxygen atoms in total. The second kappa shape index (κ2) is 5.39. The molecule has 1 aromatic carbocycles. The smallest absolute Gasteiger partial charge is 0.256 e. The van der Waals surface area contributed by atoms with Crippen molar-refractivity contribution in [1.29, 1.82) is 0 Å². The minimum atomic E-state index is -0.448. The fourth-order valence-electron chi connectivity index (χ4n) is 2.35. The molecule has 0 radical (unpaired) electrons. The summed E-state index contributed by atoms with van der Waals surface area (Å²) in [5, 5.41) is 0. The molecular formula is C14H17BrFNO. The quantitative estimate of drug-likeness (QED) is 0.815. The summed E-state index contributed by atoms with van der Waals surface area (Å²) in [7, 11) is 0. The molecule has 0 bridgehead atoms. The minimum Gasteiger partial charge on any atom is -0.338 e. The molecule has 0 aromatic heterocycles. The van der Waals surface area contributed by atoms with E-state index < -0.39 is 5.82 Å². The van der Waals surface area contributed by atoms with E-state index in [-0.39, 0.29) is 11.5 Å². The van der Waals surface area contributed by atoms with Gasteiger partial charge in [-0.15, -0.1) is 0 Å². The lowest BCUT2D eigenvalue weighted by atomic mass is 9.95. The first-order chi connectivity index (χ1) is 8.49. The topological polar surface area (TPSA) is 20.3 Å². The molecule has 1 amide bonds. The largest absolute Gasteiger partial charge is 0.338 e. The molecule has 1 atom stereocenters. The Hall–Kier alpha value is -0.900. The summed E-state index contributed by atoms with van der Waals surface area (Å²) in [6, 6.07) is 4.49. The summed E-state index contributed by atoms with van der Waals surface area (Å²) in [6.45, 7) is 5.80. The van der Waals surface area contributed by atoms with E-state index >= 15 is 0 Å². The number of amides is 1. The lowest BCUT2D eigenvalue weighted by molar-refractivity contribution is 0.0779. The van der Waals surface area contributed by atoms with E-state index in [9.17, 15) is 9.18 Å². The summed E-state index contributed by atoms with van der Waals surface area (Å²) in [4.78, 5) is 14.0. The number of hydrogen-bond acceptors (Lipinski definition) is 1. The van der Waals surface area contributed by atoms with Crippen LogP contribution in [0, 0.1) is 17.7 Å². The van der Waals surface area contributed by atoms with Crippen LogP contribution in [0.1, 0.15) is 30.6 Å². The zero-order chi connectivity index (χ0) is 13.3. The molecule has 1 unspecified atom stereocenters. The van der Waals surface area contributed by atoms with Gasteiger partial charge in [0.05, 0.1) is 5.56 Å². The Kier molecular flexibility index (Phi) is 4.05. The number of hydrogen-bond donors (Lipinski definition) is 0. The van der Waals surface area contributed by atoms with Gasteiger partial charge < -0.3 is 4.90 Å². The molecule has 2 rings (SSSR count). The van der Waals surface area contributed by atoms with Crippen molar-refractivity contribution >= 4 is 21.8 Å². The standard InChI is InChI=1S/C14H17BrFNO/c1-9(2)10-5-6-17(8-10)14(18)12-7-11(15)3-4-13(12)16/h3-4,7,9-10H,5-6,8H2,1-2H3. The second-order valence-corrected chi connectivity index (χ2v) is 6.08. The minimum absolute atomic E-state index is 0.161. The van der Waals surface area contributed by atoms with Crippen LogP contribution >= 0.6 is 15.9 Å². The van der Waals surface area contributed by atoms with Gasteiger partial charge >= 0.3 is 0 Å². The first-order valence-corrected chi connectivity index (χ1v) is 7.02. The SMILES string of the molecule is CC(C)C1CCN(C(=O)c2cc(Br)ccc2F)C1. The van der Waals surface area contributed by atoms with E-state index in [4.69, 9.17) is 0 Å². The molecule has 1 aliphatic heterocycles. The molecule has 1 saturated heterocycles. The maximum Gasteiger partial charge on any atom is 0.256 e. The van der Waals surface area contributed by atoms with E-state index in [0.717, 1.165) is 24.0 Å². The number of rotatable bonds is 2. The molecule has 1 aliphatic rings. The van der Waals surface area contributed by atoms with E-state index in [1.807, 2.05) is 0 Å². The summed E-state index contributed by atoms with van der Waals surface area (Å²) in [6.07, 6.45) is 1.01. The Morgan fingerprint density at radius 1 is 1.50 bits per heavy atom. The Balaban J connectivity index is 2.15. The number of nitrogens with zero attached hydrogens (tertiary/aromatic N) is 1. The predicted molar refractivity (Wildman–Crippen MR) is 72.9 cm³/mol. The van der Waals surface area contributed by atoms with Gasteiger partial charge in [0.1, 0.15) is 5.82 Å². The number of halogens is 2.